The van der Waals surface area contributed by atoms with Gasteiger partial charge in [0, 0.05) is 17.3 Å². The van der Waals surface area contributed by atoms with Crippen LogP contribution in [0.4, 0.5) is 0 Å². The molecule has 1 amide bonds. The molecular weight excluding hydrogens is 348 g/mol. The molecule has 0 aliphatic rings. The number of pyridine rings is 1. The molecule has 1 N–H and O–H groups in total. The monoisotopic (exact) mass is 368 g/mol. The average Bonchev–Trinajstić information content (AvgIpc) is 3.14. The van der Waals surface area contributed by atoms with Crippen molar-refractivity contribution < 1.29 is 9.59 Å². The fraction of sp³-hybridized carbons (Fsp3) is 0.0833. The first-order valence-corrected chi connectivity index (χ1v) is 9.21. The van der Waals surface area contributed by atoms with Crippen molar-refractivity contribution >= 4 is 17.2 Å². The van der Waals surface area contributed by atoms with Gasteiger partial charge in [-0.3, -0.25) is 9.59 Å². The summed E-state index contributed by atoms with van der Waals surface area (Å²) in [7, 11) is 0. The summed E-state index contributed by atoms with van der Waals surface area (Å²) < 4.78 is 1.78. The highest BCUT2D eigenvalue weighted by Gasteiger charge is 2.25. The Morgan fingerprint density at radius 3 is 2.21 bits per heavy atom. The minimum absolute atomic E-state index is 0.260. The van der Waals surface area contributed by atoms with E-state index in [0.29, 0.717) is 5.69 Å². The van der Waals surface area contributed by atoms with Crippen molar-refractivity contribution in [2.45, 2.75) is 13.0 Å². The van der Waals surface area contributed by atoms with Gasteiger partial charge in [0.2, 0.25) is 0 Å². The Balaban J connectivity index is 1.71. The first kappa shape index (κ1) is 17.7. The average molecular weight is 368 g/mol. The Kier molecular flexibility index (Phi) is 4.77. The second-order valence-electron chi connectivity index (χ2n) is 6.70. The van der Waals surface area contributed by atoms with E-state index in [1.807, 2.05) is 98.0 Å². The van der Waals surface area contributed by atoms with E-state index < -0.39 is 11.7 Å². The summed E-state index contributed by atoms with van der Waals surface area (Å²) in [6.07, 6.45) is 1.81. The second-order valence-corrected chi connectivity index (χ2v) is 6.70. The molecule has 28 heavy (non-hydrogen) atoms. The van der Waals surface area contributed by atoms with Crippen LogP contribution in [0, 0.1) is 0 Å². The van der Waals surface area contributed by atoms with Gasteiger partial charge in [0.05, 0.1) is 6.04 Å². The van der Waals surface area contributed by atoms with E-state index in [-0.39, 0.29) is 6.04 Å². The van der Waals surface area contributed by atoms with Crippen molar-refractivity contribution in [3.63, 3.8) is 0 Å². The number of aromatic nitrogens is 1. The SMILES string of the molecule is C[C@H](NC(=O)C(=O)c1c(-c2ccccc2)cc2ccccn12)c1ccccc1. The summed E-state index contributed by atoms with van der Waals surface area (Å²) in [6, 6.07) is 26.6. The summed E-state index contributed by atoms with van der Waals surface area (Å²) in [4.78, 5) is 25.9. The topological polar surface area (TPSA) is 50.6 Å². The first-order chi connectivity index (χ1) is 13.6. The zero-order valence-corrected chi connectivity index (χ0v) is 15.5. The van der Waals surface area contributed by atoms with Crippen LogP contribution in [-0.4, -0.2) is 16.1 Å². The molecular formula is C24H20N2O2. The van der Waals surface area contributed by atoms with Crippen molar-refractivity contribution in [1.82, 2.24) is 9.72 Å². The van der Waals surface area contributed by atoms with Crippen molar-refractivity contribution in [3.8, 4) is 11.1 Å². The number of nitrogens with zero attached hydrogens (tertiary/aromatic N) is 1. The molecule has 0 spiro atoms. The van der Waals surface area contributed by atoms with E-state index in [1.54, 1.807) is 4.40 Å². The van der Waals surface area contributed by atoms with Gasteiger partial charge in [0.25, 0.3) is 11.7 Å². The third-order valence-electron chi connectivity index (χ3n) is 4.83. The first-order valence-electron chi connectivity index (χ1n) is 9.21. The van der Waals surface area contributed by atoms with E-state index >= 15 is 0 Å². The van der Waals surface area contributed by atoms with Crippen LogP contribution < -0.4 is 5.32 Å². The van der Waals surface area contributed by atoms with Crippen LogP contribution in [0.25, 0.3) is 16.6 Å². The fourth-order valence-corrected chi connectivity index (χ4v) is 3.39. The predicted molar refractivity (Wildman–Crippen MR) is 110 cm³/mol. The summed E-state index contributed by atoms with van der Waals surface area (Å²) in [6.45, 7) is 1.87. The molecule has 4 heteroatoms. The maximum absolute atomic E-state index is 13.1. The third kappa shape index (κ3) is 3.32. The number of carbonyl (C=O) groups is 2. The standard InChI is InChI=1S/C24H20N2O2/c1-17(18-10-4-2-5-11-18)25-24(28)23(27)22-21(19-12-6-3-7-13-19)16-20-14-8-9-15-26(20)22/h2-17H,1H3,(H,25,28)/t17-/m0/s1. The molecule has 0 fully saturated rings. The molecule has 138 valence electrons. The summed E-state index contributed by atoms with van der Waals surface area (Å²) in [5.74, 6) is -1.16. The van der Waals surface area contributed by atoms with Gasteiger partial charge in [-0.2, -0.15) is 0 Å². The largest absolute Gasteiger partial charge is 0.343 e. The van der Waals surface area contributed by atoms with Crippen molar-refractivity contribution in [2.24, 2.45) is 0 Å². The van der Waals surface area contributed by atoms with Gasteiger partial charge in [0.1, 0.15) is 5.69 Å². The Morgan fingerprint density at radius 2 is 1.50 bits per heavy atom. The molecule has 4 nitrogen and oxygen atoms in total. The molecule has 2 aromatic heterocycles. The zero-order valence-electron chi connectivity index (χ0n) is 15.5. The number of rotatable bonds is 5. The molecule has 0 unspecified atom stereocenters. The highest BCUT2D eigenvalue weighted by molar-refractivity contribution is 6.43. The molecule has 0 bridgehead atoms. The Labute approximate surface area is 163 Å². The van der Waals surface area contributed by atoms with Gasteiger partial charge in [0.15, 0.2) is 0 Å². The van der Waals surface area contributed by atoms with E-state index in [0.717, 1.165) is 22.2 Å². The maximum Gasteiger partial charge on any atom is 0.294 e. The fourth-order valence-electron chi connectivity index (χ4n) is 3.39. The molecule has 0 aliphatic heterocycles. The van der Waals surface area contributed by atoms with E-state index in [2.05, 4.69) is 5.32 Å². The van der Waals surface area contributed by atoms with Crippen molar-refractivity contribution in [1.29, 1.82) is 0 Å². The van der Waals surface area contributed by atoms with Crippen LogP contribution in [0.2, 0.25) is 0 Å². The summed E-state index contributed by atoms with van der Waals surface area (Å²) >= 11 is 0. The van der Waals surface area contributed by atoms with Crippen molar-refractivity contribution in [3.05, 3.63) is 102 Å². The lowest BCUT2D eigenvalue weighted by Gasteiger charge is -2.14. The molecule has 0 radical (unpaired) electrons. The number of Topliss-reactive ketones (excluding diaryl/α,β-unsaturated/α-hetero) is 1. The van der Waals surface area contributed by atoms with Gasteiger partial charge in [-0.15, -0.1) is 0 Å². The number of ketones is 1. The predicted octanol–water partition coefficient (Wildman–Crippen LogP) is 4.67. The van der Waals surface area contributed by atoms with Crippen LogP contribution in [0.3, 0.4) is 0 Å². The third-order valence-corrected chi connectivity index (χ3v) is 4.83. The summed E-state index contributed by atoms with van der Waals surface area (Å²) in [5.41, 5.74) is 3.85. The minimum atomic E-state index is -0.614. The van der Waals surface area contributed by atoms with Gasteiger partial charge in [-0.1, -0.05) is 66.7 Å². The normalized spacial score (nSPS) is 11.9. The lowest BCUT2D eigenvalue weighted by Crippen LogP contribution is -2.34. The summed E-state index contributed by atoms with van der Waals surface area (Å²) in [5, 5.41) is 2.83. The number of hydrogen-bond acceptors (Lipinski definition) is 2. The second kappa shape index (κ2) is 7.53. The Bertz CT molecular complexity index is 1130. The highest BCUT2D eigenvalue weighted by atomic mass is 16.2. The molecule has 2 aromatic carbocycles. The van der Waals surface area contributed by atoms with Gasteiger partial charge >= 0.3 is 0 Å². The number of nitrogens with one attached hydrogen (secondary N) is 1. The minimum Gasteiger partial charge on any atom is -0.343 e. The van der Waals surface area contributed by atoms with Crippen molar-refractivity contribution in [2.75, 3.05) is 0 Å². The number of fused-ring (bicyclic) bond motifs is 1. The number of benzene rings is 2. The van der Waals surface area contributed by atoms with Gasteiger partial charge < -0.3 is 9.72 Å². The Hall–Kier alpha value is -3.66. The van der Waals surface area contributed by atoms with Crippen LogP contribution in [-0.2, 0) is 4.79 Å². The van der Waals surface area contributed by atoms with Gasteiger partial charge in [-0.25, -0.2) is 0 Å². The number of hydrogen-bond donors (Lipinski definition) is 1. The zero-order chi connectivity index (χ0) is 19.5. The highest BCUT2D eigenvalue weighted by Crippen LogP contribution is 2.28. The number of amides is 1. The molecule has 1 atom stereocenters. The van der Waals surface area contributed by atoms with Crippen LogP contribution >= 0.6 is 0 Å². The quantitative estimate of drug-likeness (QED) is 0.411. The lowest BCUT2D eigenvalue weighted by atomic mass is 10.0. The number of carbonyl (C=O) groups excluding carboxylic acids is 2. The lowest BCUT2D eigenvalue weighted by molar-refractivity contribution is -0.117. The van der Waals surface area contributed by atoms with Crippen LogP contribution in [0.15, 0.2) is 91.1 Å². The molecule has 4 rings (SSSR count). The maximum atomic E-state index is 13.1. The Morgan fingerprint density at radius 1 is 0.857 bits per heavy atom. The molecule has 0 saturated heterocycles. The molecule has 2 heterocycles. The van der Waals surface area contributed by atoms with E-state index in [1.165, 1.54) is 0 Å². The van der Waals surface area contributed by atoms with E-state index in [9.17, 15) is 9.59 Å². The molecule has 0 saturated carbocycles. The smallest absolute Gasteiger partial charge is 0.294 e. The molecule has 0 aliphatic carbocycles. The molecule has 4 aromatic rings. The van der Waals surface area contributed by atoms with Gasteiger partial charge in [-0.05, 0) is 36.2 Å². The van der Waals surface area contributed by atoms with Crippen LogP contribution in [0.5, 0.6) is 0 Å². The van der Waals surface area contributed by atoms with Crippen LogP contribution in [0.1, 0.15) is 29.0 Å². The van der Waals surface area contributed by atoms with E-state index in [4.69, 9.17) is 0 Å².